The van der Waals surface area contributed by atoms with Crippen LogP contribution in [0.15, 0.2) is 16.6 Å². The molecule has 0 aliphatic carbocycles. The molecule has 118 valence electrons. The zero-order valence-corrected chi connectivity index (χ0v) is 14.5. The highest BCUT2D eigenvalue weighted by Crippen LogP contribution is 2.29. The molecule has 5 heteroatoms. The molecule has 0 aromatic heterocycles. The lowest BCUT2D eigenvalue weighted by Crippen LogP contribution is -2.44. The normalized spacial score (nSPS) is 16.1. The van der Waals surface area contributed by atoms with Crippen molar-refractivity contribution >= 4 is 15.9 Å². The molecule has 1 heterocycles. The summed E-state index contributed by atoms with van der Waals surface area (Å²) < 4.78 is 12.5. The number of halogens is 1. The molecule has 0 bridgehead atoms. The molecular weight excluding hydrogens is 332 g/mol. The van der Waals surface area contributed by atoms with Crippen molar-refractivity contribution in [3.63, 3.8) is 0 Å². The van der Waals surface area contributed by atoms with Gasteiger partial charge in [-0.1, -0.05) is 6.07 Å². The van der Waals surface area contributed by atoms with E-state index in [1.165, 1.54) is 5.56 Å². The minimum atomic E-state index is 0.587. The van der Waals surface area contributed by atoms with Gasteiger partial charge in [-0.2, -0.15) is 0 Å². The fourth-order valence-corrected chi connectivity index (χ4v) is 3.31. The van der Waals surface area contributed by atoms with Crippen molar-refractivity contribution in [3.8, 4) is 5.75 Å². The van der Waals surface area contributed by atoms with Crippen LogP contribution in [-0.2, 0) is 4.74 Å². The second-order valence-corrected chi connectivity index (χ2v) is 6.30. The number of piperazine rings is 1. The number of hydrogen-bond acceptors (Lipinski definition) is 4. The van der Waals surface area contributed by atoms with Gasteiger partial charge in [-0.05, 0) is 47.0 Å². The lowest BCUT2D eigenvalue weighted by atomic mass is 10.1. The summed E-state index contributed by atoms with van der Waals surface area (Å²) in [5.74, 6) is 0.923. The minimum Gasteiger partial charge on any atom is -0.490 e. The third-order valence-electron chi connectivity index (χ3n) is 3.61. The molecule has 1 saturated heterocycles. The second-order valence-electron chi connectivity index (χ2n) is 5.45. The fourth-order valence-electron chi connectivity index (χ4n) is 2.52. The number of hydrogen-bond donors (Lipinski definition) is 1. The Bertz CT molecular complexity index is 425. The predicted octanol–water partition coefficient (Wildman–Crippen LogP) is 2.37. The number of nitrogens with one attached hydrogen (secondary N) is 1. The molecule has 1 aromatic rings. The maximum Gasteiger partial charge on any atom is 0.136 e. The van der Waals surface area contributed by atoms with Crippen LogP contribution in [0.4, 0.5) is 0 Å². The second kappa shape index (κ2) is 8.73. The molecule has 1 N–H and O–H groups in total. The van der Waals surface area contributed by atoms with Gasteiger partial charge in [0, 0.05) is 32.7 Å². The van der Waals surface area contributed by atoms with E-state index >= 15 is 0 Å². The third-order valence-corrected chi connectivity index (χ3v) is 4.20. The summed E-state index contributed by atoms with van der Waals surface area (Å²) in [6, 6.07) is 4.21. The molecule has 4 nitrogen and oxygen atoms in total. The number of ether oxygens (including phenoxy) is 2. The van der Waals surface area contributed by atoms with E-state index in [-0.39, 0.29) is 0 Å². The Morgan fingerprint density at radius 1 is 1.14 bits per heavy atom. The Morgan fingerprint density at radius 2 is 1.90 bits per heavy atom. The van der Waals surface area contributed by atoms with Crippen LogP contribution in [0.5, 0.6) is 5.75 Å². The smallest absolute Gasteiger partial charge is 0.136 e. The van der Waals surface area contributed by atoms with Crippen molar-refractivity contribution in [2.45, 2.75) is 13.8 Å². The first-order valence-corrected chi connectivity index (χ1v) is 8.36. The quantitative estimate of drug-likeness (QED) is 0.760. The molecule has 0 saturated carbocycles. The number of benzene rings is 1. The summed E-state index contributed by atoms with van der Waals surface area (Å²) in [7, 11) is 0. The van der Waals surface area contributed by atoms with Gasteiger partial charge < -0.3 is 14.8 Å². The standard InChI is InChI=1S/C16H25BrN2O2/c1-13-11-14(2)16(15(17)12-13)21-10-9-20-8-7-19-5-3-18-4-6-19/h11-12,18H,3-10H2,1-2H3. The molecule has 2 rings (SSSR count). The fraction of sp³-hybridized carbons (Fsp3) is 0.625. The monoisotopic (exact) mass is 356 g/mol. The van der Waals surface area contributed by atoms with E-state index in [2.05, 4.69) is 52.1 Å². The molecule has 0 unspecified atom stereocenters. The van der Waals surface area contributed by atoms with Gasteiger partial charge in [0.15, 0.2) is 0 Å². The number of nitrogens with zero attached hydrogens (tertiary/aromatic N) is 1. The molecule has 0 radical (unpaired) electrons. The summed E-state index contributed by atoms with van der Waals surface area (Å²) in [5, 5.41) is 3.35. The van der Waals surface area contributed by atoms with Gasteiger partial charge in [-0.25, -0.2) is 0 Å². The third kappa shape index (κ3) is 5.58. The van der Waals surface area contributed by atoms with Crippen LogP contribution in [-0.4, -0.2) is 57.4 Å². The van der Waals surface area contributed by atoms with Gasteiger partial charge in [-0.3, -0.25) is 4.90 Å². The molecule has 0 spiro atoms. The van der Waals surface area contributed by atoms with Crippen LogP contribution in [0.3, 0.4) is 0 Å². The summed E-state index contributed by atoms with van der Waals surface area (Å²) in [6.45, 7) is 11.6. The van der Waals surface area contributed by atoms with Gasteiger partial charge in [0.05, 0.1) is 17.7 Å². The average molecular weight is 357 g/mol. The molecule has 0 amide bonds. The van der Waals surface area contributed by atoms with E-state index in [1.807, 2.05) is 0 Å². The van der Waals surface area contributed by atoms with Crippen LogP contribution in [0.1, 0.15) is 11.1 Å². The Morgan fingerprint density at radius 3 is 2.62 bits per heavy atom. The van der Waals surface area contributed by atoms with E-state index < -0.39 is 0 Å². The van der Waals surface area contributed by atoms with Crippen molar-refractivity contribution in [3.05, 3.63) is 27.7 Å². The van der Waals surface area contributed by atoms with Gasteiger partial charge in [0.25, 0.3) is 0 Å². The van der Waals surface area contributed by atoms with Crippen molar-refractivity contribution in [1.29, 1.82) is 0 Å². The van der Waals surface area contributed by atoms with Crippen LogP contribution in [0, 0.1) is 13.8 Å². The van der Waals surface area contributed by atoms with E-state index in [9.17, 15) is 0 Å². The Balaban J connectivity index is 1.61. The first-order valence-electron chi connectivity index (χ1n) is 7.57. The van der Waals surface area contributed by atoms with E-state index in [0.717, 1.165) is 55.1 Å². The predicted molar refractivity (Wildman–Crippen MR) is 89.2 cm³/mol. The van der Waals surface area contributed by atoms with E-state index in [4.69, 9.17) is 9.47 Å². The molecular formula is C16H25BrN2O2. The highest BCUT2D eigenvalue weighted by Gasteiger charge is 2.09. The minimum absolute atomic E-state index is 0.587. The number of rotatable bonds is 7. The molecule has 1 fully saturated rings. The Kier molecular flexibility index (Phi) is 6.96. The molecule has 1 aromatic carbocycles. The molecule has 21 heavy (non-hydrogen) atoms. The summed E-state index contributed by atoms with van der Waals surface area (Å²) in [6.07, 6.45) is 0. The Labute approximate surface area is 135 Å². The maximum absolute atomic E-state index is 5.82. The first kappa shape index (κ1) is 16.7. The van der Waals surface area contributed by atoms with Crippen molar-refractivity contribution in [1.82, 2.24) is 10.2 Å². The zero-order chi connectivity index (χ0) is 15.1. The molecule has 1 aliphatic rings. The van der Waals surface area contributed by atoms with Gasteiger partial charge in [0.1, 0.15) is 12.4 Å². The lowest BCUT2D eigenvalue weighted by Gasteiger charge is -2.26. The van der Waals surface area contributed by atoms with Crippen LogP contribution >= 0.6 is 15.9 Å². The first-order chi connectivity index (χ1) is 10.2. The summed E-state index contributed by atoms with van der Waals surface area (Å²) >= 11 is 3.55. The van der Waals surface area contributed by atoms with Crippen molar-refractivity contribution in [2.75, 3.05) is 52.5 Å². The topological polar surface area (TPSA) is 33.7 Å². The molecule has 1 aliphatic heterocycles. The van der Waals surface area contributed by atoms with Gasteiger partial charge in [0.2, 0.25) is 0 Å². The average Bonchev–Trinajstić information content (AvgIpc) is 2.45. The largest absolute Gasteiger partial charge is 0.490 e. The summed E-state index contributed by atoms with van der Waals surface area (Å²) in [4.78, 5) is 2.43. The van der Waals surface area contributed by atoms with Crippen LogP contribution in [0.25, 0.3) is 0 Å². The zero-order valence-electron chi connectivity index (χ0n) is 13.0. The highest BCUT2D eigenvalue weighted by molar-refractivity contribution is 9.10. The number of aryl methyl sites for hydroxylation is 2. The van der Waals surface area contributed by atoms with Crippen LogP contribution < -0.4 is 10.1 Å². The van der Waals surface area contributed by atoms with Gasteiger partial charge in [-0.15, -0.1) is 0 Å². The molecule has 0 atom stereocenters. The van der Waals surface area contributed by atoms with Crippen molar-refractivity contribution in [2.24, 2.45) is 0 Å². The summed E-state index contributed by atoms with van der Waals surface area (Å²) in [5.41, 5.74) is 2.39. The Hall–Kier alpha value is -0.620. The van der Waals surface area contributed by atoms with E-state index in [0.29, 0.717) is 13.2 Å². The van der Waals surface area contributed by atoms with Gasteiger partial charge >= 0.3 is 0 Å². The lowest BCUT2D eigenvalue weighted by molar-refractivity contribution is 0.0764. The van der Waals surface area contributed by atoms with Crippen molar-refractivity contribution < 1.29 is 9.47 Å². The van der Waals surface area contributed by atoms with E-state index in [1.54, 1.807) is 0 Å². The highest BCUT2D eigenvalue weighted by atomic mass is 79.9. The van der Waals surface area contributed by atoms with Crippen LogP contribution in [0.2, 0.25) is 0 Å². The maximum atomic E-state index is 5.82. The SMILES string of the molecule is Cc1cc(C)c(OCCOCCN2CCNCC2)c(Br)c1.